The topological polar surface area (TPSA) is 17.1 Å². The van der Waals surface area contributed by atoms with Crippen LogP contribution in [0.5, 0.6) is 0 Å². The first-order valence-corrected chi connectivity index (χ1v) is 7.37. The minimum atomic E-state index is 0.357. The number of carbonyl (C=O) groups is 1. The molecule has 0 amide bonds. The molecule has 0 aromatic rings. The average molecular weight is 232 g/mol. The molecule has 0 spiro atoms. The van der Waals surface area contributed by atoms with Gasteiger partial charge in [-0.3, -0.25) is 4.79 Å². The lowest BCUT2D eigenvalue weighted by Crippen LogP contribution is -2.25. The highest BCUT2D eigenvalue weighted by Crippen LogP contribution is 2.59. The quantitative estimate of drug-likeness (QED) is 0.678. The summed E-state index contributed by atoms with van der Waals surface area (Å²) < 4.78 is 0. The normalized spacial score (nSPS) is 48.8. The molecule has 0 aliphatic heterocycles. The highest BCUT2D eigenvalue weighted by atomic mass is 16.1. The van der Waals surface area contributed by atoms with Gasteiger partial charge >= 0.3 is 0 Å². The van der Waals surface area contributed by atoms with Crippen molar-refractivity contribution in [2.24, 2.45) is 41.4 Å². The third-order valence-corrected chi connectivity index (χ3v) is 5.71. The molecule has 3 aliphatic rings. The SMILES string of the molecule is CCC[C@H](C)[C@@H]1C(=O)C2C([C@H]1C)[C@H]1C=C[C@@H]2C1. The van der Waals surface area contributed by atoms with Gasteiger partial charge in [-0.15, -0.1) is 0 Å². The summed E-state index contributed by atoms with van der Waals surface area (Å²) in [6.45, 7) is 6.86. The van der Waals surface area contributed by atoms with Crippen LogP contribution in [0.25, 0.3) is 0 Å². The summed E-state index contributed by atoms with van der Waals surface area (Å²) in [5.41, 5.74) is 0. The molecule has 0 aromatic heterocycles. The number of hydrogen-bond donors (Lipinski definition) is 0. The van der Waals surface area contributed by atoms with E-state index in [1.54, 1.807) is 0 Å². The maximum Gasteiger partial charge on any atom is 0.140 e. The molecule has 2 bridgehead atoms. The van der Waals surface area contributed by atoms with Crippen LogP contribution in [0.3, 0.4) is 0 Å². The third-order valence-electron chi connectivity index (χ3n) is 5.71. The third kappa shape index (κ3) is 1.47. The van der Waals surface area contributed by atoms with Crippen molar-refractivity contribution in [3.05, 3.63) is 12.2 Å². The van der Waals surface area contributed by atoms with E-state index >= 15 is 0 Å². The molecule has 3 aliphatic carbocycles. The first kappa shape index (κ1) is 11.5. The Morgan fingerprint density at radius 1 is 1.35 bits per heavy atom. The van der Waals surface area contributed by atoms with E-state index in [-0.39, 0.29) is 0 Å². The summed E-state index contributed by atoms with van der Waals surface area (Å²) in [4.78, 5) is 12.7. The predicted octanol–water partition coefficient (Wildman–Crippen LogP) is 3.70. The number of ketones is 1. The number of carbonyl (C=O) groups excluding carboxylic acids is 1. The largest absolute Gasteiger partial charge is 0.299 e. The molecule has 3 rings (SSSR count). The molecule has 0 saturated heterocycles. The van der Waals surface area contributed by atoms with Crippen molar-refractivity contribution >= 4 is 5.78 Å². The second-order valence-corrected chi connectivity index (χ2v) is 6.60. The molecule has 7 atom stereocenters. The van der Waals surface area contributed by atoms with E-state index in [9.17, 15) is 4.79 Å². The van der Waals surface area contributed by atoms with Gasteiger partial charge in [-0.1, -0.05) is 45.8 Å². The monoisotopic (exact) mass is 232 g/mol. The van der Waals surface area contributed by atoms with Gasteiger partial charge in [0.15, 0.2) is 0 Å². The second-order valence-electron chi connectivity index (χ2n) is 6.60. The zero-order chi connectivity index (χ0) is 12.2. The molecule has 1 heteroatoms. The lowest BCUT2D eigenvalue weighted by atomic mass is 9.77. The molecule has 17 heavy (non-hydrogen) atoms. The van der Waals surface area contributed by atoms with E-state index in [1.165, 1.54) is 19.3 Å². The fourth-order valence-corrected chi connectivity index (χ4v) is 5.13. The van der Waals surface area contributed by atoms with Crippen LogP contribution in [0.2, 0.25) is 0 Å². The van der Waals surface area contributed by atoms with Crippen LogP contribution >= 0.6 is 0 Å². The van der Waals surface area contributed by atoms with Crippen molar-refractivity contribution in [3.8, 4) is 0 Å². The maximum absolute atomic E-state index is 12.7. The van der Waals surface area contributed by atoms with Gasteiger partial charge in [-0.25, -0.2) is 0 Å². The number of allylic oxidation sites excluding steroid dienone is 2. The molecule has 94 valence electrons. The Bertz CT molecular complexity index is 357. The standard InChI is InChI=1S/C16H24O/c1-4-5-9(2)13-10(3)14-11-6-7-12(8-11)15(14)16(13)17/h6-7,9-15H,4-5,8H2,1-3H3/t9-,10-,11-,12+,13-,14?,15?/m0/s1. The molecule has 2 fully saturated rings. The first-order chi connectivity index (χ1) is 8.15. The summed E-state index contributed by atoms with van der Waals surface area (Å²) >= 11 is 0. The van der Waals surface area contributed by atoms with E-state index < -0.39 is 0 Å². The Balaban J connectivity index is 1.85. The predicted molar refractivity (Wildman–Crippen MR) is 69.5 cm³/mol. The zero-order valence-corrected chi connectivity index (χ0v) is 11.2. The Hall–Kier alpha value is -0.590. The van der Waals surface area contributed by atoms with E-state index in [2.05, 4.69) is 32.9 Å². The molecule has 0 N–H and O–H groups in total. The molecule has 1 nitrogen and oxygen atoms in total. The molecule has 2 saturated carbocycles. The van der Waals surface area contributed by atoms with E-state index in [0.717, 1.165) is 5.92 Å². The van der Waals surface area contributed by atoms with Gasteiger partial charge < -0.3 is 0 Å². The minimum absolute atomic E-state index is 0.357. The van der Waals surface area contributed by atoms with Gasteiger partial charge in [-0.2, -0.15) is 0 Å². The summed E-state index contributed by atoms with van der Waals surface area (Å²) in [5, 5.41) is 0. The molecular weight excluding hydrogens is 208 g/mol. The number of hydrogen-bond acceptors (Lipinski definition) is 1. The lowest BCUT2D eigenvalue weighted by Gasteiger charge is -2.26. The van der Waals surface area contributed by atoms with Crippen LogP contribution < -0.4 is 0 Å². The van der Waals surface area contributed by atoms with Gasteiger partial charge in [0.1, 0.15) is 5.78 Å². The highest BCUT2D eigenvalue weighted by Gasteiger charge is 2.58. The van der Waals surface area contributed by atoms with Crippen LogP contribution in [0.4, 0.5) is 0 Å². The average Bonchev–Trinajstić information content (AvgIpc) is 2.93. The summed E-state index contributed by atoms with van der Waals surface area (Å²) in [5.74, 6) is 4.57. The van der Waals surface area contributed by atoms with Gasteiger partial charge in [0.2, 0.25) is 0 Å². The van der Waals surface area contributed by atoms with Crippen molar-refractivity contribution in [1.29, 1.82) is 0 Å². The van der Waals surface area contributed by atoms with Gasteiger partial charge in [0, 0.05) is 11.8 Å². The van der Waals surface area contributed by atoms with Crippen molar-refractivity contribution in [1.82, 2.24) is 0 Å². The van der Waals surface area contributed by atoms with Crippen molar-refractivity contribution in [3.63, 3.8) is 0 Å². The van der Waals surface area contributed by atoms with Gasteiger partial charge in [0.25, 0.3) is 0 Å². The van der Waals surface area contributed by atoms with Crippen LogP contribution in [-0.4, -0.2) is 5.78 Å². The van der Waals surface area contributed by atoms with E-state index in [1.807, 2.05) is 0 Å². The van der Waals surface area contributed by atoms with Gasteiger partial charge in [0.05, 0.1) is 0 Å². The number of Topliss-reactive ketones (excluding diaryl/α,β-unsaturated/α-hetero) is 1. The van der Waals surface area contributed by atoms with E-state index in [0.29, 0.717) is 41.3 Å². The van der Waals surface area contributed by atoms with Gasteiger partial charge in [-0.05, 0) is 36.0 Å². The summed E-state index contributed by atoms with van der Waals surface area (Å²) in [6.07, 6.45) is 8.40. The zero-order valence-electron chi connectivity index (χ0n) is 11.2. The van der Waals surface area contributed by atoms with Crippen molar-refractivity contribution < 1.29 is 4.79 Å². The molecule has 2 unspecified atom stereocenters. The second kappa shape index (κ2) is 3.96. The van der Waals surface area contributed by atoms with Crippen LogP contribution in [0.15, 0.2) is 12.2 Å². The van der Waals surface area contributed by atoms with Crippen LogP contribution in [-0.2, 0) is 4.79 Å². The smallest absolute Gasteiger partial charge is 0.140 e. The Labute approximate surface area is 105 Å². The summed E-state index contributed by atoms with van der Waals surface area (Å²) in [7, 11) is 0. The fourth-order valence-electron chi connectivity index (χ4n) is 5.13. The molecule has 0 radical (unpaired) electrons. The maximum atomic E-state index is 12.7. The molecule has 0 aromatic carbocycles. The summed E-state index contributed by atoms with van der Waals surface area (Å²) in [6, 6.07) is 0. The lowest BCUT2D eigenvalue weighted by molar-refractivity contribution is -0.126. The van der Waals surface area contributed by atoms with Crippen molar-refractivity contribution in [2.45, 2.75) is 40.0 Å². The first-order valence-electron chi connectivity index (χ1n) is 7.37. The minimum Gasteiger partial charge on any atom is -0.299 e. The molecular formula is C16H24O. The number of fused-ring (bicyclic) bond motifs is 5. The van der Waals surface area contributed by atoms with Crippen LogP contribution in [0.1, 0.15) is 40.0 Å². The Morgan fingerprint density at radius 2 is 2.06 bits per heavy atom. The molecule has 0 heterocycles. The number of rotatable bonds is 3. The van der Waals surface area contributed by atoms with Crippen molar-refractivity contribution in [2.75, 3.05) is 0 Å². The Kier molecular flexibility index (Phi) is 2.68. The van der Waals surface area contributed by atoms with Crippen LogP contribution in [0, 0.1) is 41.4 Å². The highest BCUT2D eigenvalue weighted by molar-refractivity contribution is 5.88. The Morgan fingerprint density at radius 3 is 2.71 bits per heavy atom. The fraction of sp³-hybridized carbons (Fsp3) is 0.812. The van der Waals surface area contributed by atoms with E-state index in [4.69, 9.17) is 0 Å².